The largest absolute Gasteiger partial charge is 0.478 e. The first kappa shape index (κ1) is 14.8. The number of halogens is 1. The molecule has 1 aromatic carbocycles. The molecule has 0 radical (unpaired) electrons. The van der Waals surface area contributed by atoms with Gasteiger partial charge in [-0.15, -0.1) is 0 Å². The number of amides is 2. The van der Waals surface area contributed by atoms with Gasteiger partial charge in [0, 0.05) is 36.3 Å². The summed E-state index contributed by atoms with van der Waals surface area (Å²) in [7, 11) is 2.02. The van der Waals surface area contributed by atoms with Crippen LogP contribution in [-0.2, 0) is 0 Å². The van der Waals surface area contributed by atoms with Gasteiger partial charge < -0.3 is 20.2 Å². The molecule has 1 saturated heterocycles. The van der Waals surface area contributed by atoms with Crippen molar-refractivity contribution in [3.05, 3.63) is 28.2 Å². The molecule has 6 nitrogen and oxygen atoms in total. The second kappa shape index (κ2) is 6.23. The minimum Gasteiger partial charge on any atom is -0.478 e. The molecule has 0 unspecified atom stereocenters. The van der Waals surface area contributed by atoms with E-state index < -0.39 is 5.97 Å². The summed E-state index contributed by atoms with van der Waals surface area (Å²) in [6, 6.07) is 4.53. The summed E-state index contributed by atoms with van der Waals surface area (Å²) in [6.45, 7) is 3.03. The third-order valence-corrected chi connectivity index (χ3v) is 3.93. The maximum absolute atomic E-state index is 12.1. The Morgan fingerprint density at radius 1 is 1.25 bits per heavy atom. The smallest absolute Gasteiger partial charge is 0.336 e. The lowest BCUT2D eigenvalue weighted by atomic mass is 10.2. The van der Waals surface area contributed by atoms with Crippen molar-refractivity contribution in [3.63, 3.8) is 0 Å². The summed E-state index contributed by atoms with van der Waals surface area (Å²) in [6.07, 6.45) is 0. The van der Waals surface area contributed by atoms with Crippen molar-refractivity contribution in [1.82, 2.24) is 9.80 Å². The first-order chi connectivity index (χ1) is 9.47. The van der Waals surface area contributed by atoms with Crippen LogP contribution in [0.5, 0.6) is 0 Å². The highest BCUT2D eigenvalue weighted by Crippen LogP contribution is 2.21. The number of anilines is 1. The average Bonchev–Trinajstić information content (AvgIpc) is 2.41. The molecule has 7 heteroatoms. The number of benzene rings is 1. The Labute approximate surface area is 125 Å². The van der Waals surface area contributed by atoms with E-state index in [0.29, 0.717) is 23.2 Å². The molecule has 2 rings (SSSR count). The Morgan fingerprint density at radius 2 is 1.90 bits per heavy atom. The molecule has 0 spiro atoms. The number of likely N-dealkylation sites (N-methyl/N-ethyl adjacent to an activating group) is 1. The second-order valence-electron chi connectivity index (χ2n) is 4.72. The summed E-state index contributed by atoms with van der Waals surface area (Å²) >= 11 is 3.17. The number of carbonyl (C=O) groups excluding carboxylic acids is 1. The van der Waals surface area contributed by atoms with Gasteiger partial charge in [0.05, 0.1) is 5.56 Å². The topological polar surface area (TPSA) is 72.9 Å². The van der Waals surface area contributed by atoms with Crippen LogP contribution in [0.4, 0.5) is 10.5 Å². The van der Waals surface area contributed by atoms with E-state index >= 15 is 0 Å². The SMILES string of the molecule is CN1CCN(C(=O)Nc2ccc(Br)c(C(=O)O)c2)CC1. The van der Waals surface area contributed by atoms with Crippen LogP contribution in [0.25, 0.3) is 0 Å². The van der Waals surface area contributed by atoms with Gasteiger partial charge in [0.25, 0.3) is 0 Å². The summed E-state index contributed by atoms with van der Waals surface area (Å²) in [5, 5.41) is 11.8. The van der Waals surface area contributed by atoms with Gasteiger partial charge in [0.2, 0.25) is 0 Å². The standard InChI is InChI=1S/C13H16BrN3O3/c1-16-4-6-17(7-5-16)13(20)15-9-2-3-11(14)10(8-9)12(18)19/h2-3,8H,4-7H2,1H3,(H,15,20)(H,18,19). The van der Waals surface area contributed by atoms with Gasteiger partial charge in [-0.2, -0.15) is 0 Å². The highest BCUT2D eigenvalue weighted by Gasteiger charge is 2.19. The second-order valence-corrected chi connectivity index (χ2v) is 5.57. The van der Waals surface area contributed by atoms with Gasteiger partial charge in [-0.05, 0) is 41.2 Å². The Hall–Kier alpha value is -1.60. The number of nitrogens with zero attached hydrogens (tertiary/aromatic N) is 2. The van der Waals surface area contributed by atoms with E-state index in [1.807, 2.05) is 7.05 Å². The fourth-order valence-electron chi connectivity index (χ4n) is 1.98. The number of rotatable bonds is 2. The van der Waals surface area contributed by atoms with E-state index in [1.54, 1.807) is 17.0 Å². The minimum absolute atomic E-state index is 0.126. The average molecular weight is 342 g/mol. The van der Waals surface area contributed by atoms with Crippen LogP contribution in [0.15, 0.2) is 22.7 Å². The number of hydrogen-bond acceptors (Lipinski definition) is 3. The van der Waals surface area contributed by atoms with Crippen molar-refractivity contribution in [1.29, 1.82) is 0 Å². The number of nitrogens with one attached hydrogen (secondary N) is 1. The van der Waals surface area contributed by atoms with E-state index in [2.05, 4.69) is 26.1 Å². The van der Waals surface area contributed by atoms with Crippen LogP contribution in [0, 0.1) is 0 Å². The zero-order valence-corrected chi connectivity index (χ0v) is 12.7. The molecule has 0 bridgehead atoms. The molecule has 0 saturated carbocycles. The third-order valence-electron chi connectivity index (χ3n) is 3.24. The van der Waals surface area contributed by atoms with Crippen molar-refractivity contribution in [2.75, 3.05) is 38.5 Å². The summed E-state index contributed by atoms with van der Waals surface area (Å²) in [5.74, 6) is -1.03. The van der Waals surface area contributed by atoms with Crippen LogP contribution in [0.2, 0.25) is 0 Å². The zero-order valence-electron chi connectivity index (χ0n) is 11.1. The molecule has 1 aromatic rings. The number of piperazine rings is 1. The van der Waals surface area contributed by atoms with E-state index in [9.17, 15) is 9.59 Å². The molecule has 108 valence electrons. The molecule has 0 aliphatic carbocycles. The predicted molar refractivity (Wildman–Crippen MR) is 79.2 cm³/mol. The van der Waals surface area contributed by atoms with Gasteiger partial charge in [0.1, 0.15) is 0 Å². The Balaban J connectivity index is 2.04. The summed E-state index contributed by atoms with van der Waals surface area (Å²) in [5.41, 5.74) is 0.607. The normalized spacial score (nSPS) is 16.0. The van der Waals surface area contributed by atoms with Gasteiger partial charge in [-0.3, -0.25) is 0 Å². The first-order valence-electron chi connectivity index (χ1n) is 6.24. The minimum atomic E-state index is -1.03. The number of carbonyl (C=O) groups is 2. The van der Waals surface area contributed by atoms with E-state index in [1.165, 1.54) is 6.07 Å². The number of carboxylic acids is 1. The number of carboxylic acid groups (broad SMARTS) is 1. The molecule has 1 heterocycles. The van der Waals surface area contributed by atoms with Gasteiger partial charge >= 0.3 is 12.0 Å². The monoisotopic (exact) mass is 341 g/mol. The Kier molecular flexibility index (Phi) is 4.61. The summed E-state index contributed by atoms with van der Waals surface area (Å²) < 4.78 is 0.489. The van der Waals surface area contributed by atoms with Crippen LogP contribution in [0.1, 0.15) is 10.4 Å². The molecule has 20 heavy (non-hydrogen) atoms. The Morgan fingerprint density at radius 3 is 2.50 bits per heavy atom. The highest BCUT2D eigenvalue weighted by atomic mass is 79.9. The zero-order chi connectivity index (χ0) is 14.7. The maximum atomic E-state index is 12.1. The van der Waals surface area contributed by atoms with Gasteiger partial charge in [-0.25, -0.2) is 9.59 Å². The molecule has 2 N–H and O–H groups in total. The fraction of sp³-hybridized carbons (Fsp3) is 0.385. The first-order valence-corrected chi connectivity index (χ1v) is 7.04. The molecular formula is C13H16BrN3O3. The molecule has 0 atom stereocenters. The lowest BCUT2D eigenvalue weighted by Crippen LogP contribution is -2.48. The Bertz CT molecular complexity index is 528. The van der Waals surface area contributed by atoms with Gasteiger partial charge in [-0.1, -0.05) is 0 Å². The fourth-order valence-corrected chi connectivity index (χ4v) is 2.40. The van der Waals surface area contributed by atoms with Crippen molar-refractivity contribution < 1.29 is 14.7 Å². The van der Waals surface area contributed by atoms with Crippen LogP contribution in [0.3, 0.4) is 0 Å². The maximum Gasteiger partial charge on any atom is 0.336 e. The van der Waals surface area contributed by atoms with E-state index in [4.69, 9.17) is 5.11 Å². The van der Waals surface area contributed by atoms with Crippen LogP contribution < -0.4 is 5.32 Å². The molecule has 1 fully saturated rings. The van der Waals surface area contributed by atoms with E-state index in [-0.39, 0.29) is 11.6 Å². The molecular weight excluding hydrogens is 326 g/mol. The molecule has 2 amide bonds. The quantitative estimate of drug-likeness (QED) is 0.861. The van der Waals surface area contributed by atoms with Crippen molar-refractivity contribution in [2.24, 2.45) is 0 Å². The molecule has 1 aliphatic rings. The van der Waals surface area contributed by atoms with Gasteiger partial charge in [0.15, 0.2) is 0 Å². The number of aromatic carboxylic acids is 1. The van der Waals surface area contributed by atoms with Crippen LogP contribution in [-0.4, -0.2) is 60.1 Å². The lowest BCUT2D eigenvalue weighted by Gasteiger charge is -2.32. The predicted octanol–water partition coefficient (Wildman–Crippen LogP) is 1.93. The summed E-state index contributed by atoms with van der Waals surface area (Å²) in [4.78, 5) is 27.0. The third kappa shape index (κ3) is 3.49. The molecule has 0 aromatic heterocycles. The number of urea groups is 1. The van der Waals surface area contributed by atoms with Crippen molar-refractivity contribution in [3.8, 4) is 0 Å². The lowest BCUT2D eigenvalue weighted by molar-refractivity contribution is 0.0696. The van der Waals surface area contributed by atoms with Crippen molar-refractivity contribution in [2.45, 2.75) is 0 Å². The highest BCUT2D eigenvalue weighted by molar-refractivity contribution is 9.10. The van der Waals surface area contributed by atoms with Crippen LogP contribution >= 0.6 is 15.9 Å². The van der Waals surface area contributed by atoms with Crippen molar-refractivity contribution >= 4 is 33.6 Å². The number of hydrogen-bond donors (Lipinski definition) is 2. The molecule has 1 aliphatic heterocycles. The van der Waals surface area contributed by atoms with E-state index in [0.717, 1.165) is 13.1 Å².